The summed E-state index contributed by atoms with van der Waals surface area (Å²) in [5, 5.41) is 2.66. The summed E-state index contributed by atoms with van der Waals surface area (Å²) in [7, 11) is 4.81. The van der Waals surface area contributed by atoms with Crippen molar-refractivity contribution in [1.82, 2.24) is 19.8 Å². The summed E-state index contributed by atoms with van der Waals surface area (Å²) >= 11 is 5.22. The summed E-state index contributed by atoms with van der Waals surface area (Å²) in [5.74, 6) is 6.31. The Morgan fingerprint density at radius 2 is 1.82 bits per heavy atom. The number of nitrogens with zero attached hydrogens (tertiary/aromatic N) is 3. The number of halogens is 3. The minimum absolute atomic E-state index is 0.00311. The van der Waals surface area contributed by atoms with E-state index in [0.717, 1.165) is 11.8 Å². The average molecular weight is 697 g/mol. The van der Waals surface area contributed by atoms with Gasteiger partial charge in [0.15, 0.2) is 0 Å². The lowest BCUT2D eigenvalue weighted by atomic mass is 9.96. The fourth-order valence-corrected chi connectivity index (χ4v) is 5.57. The number of benzene rings is 1. The number of alkyl halides is 3. The number of ether oxygens (including phenoxy) is 1. The molecular weight excluding hydrogens is 650 g/mol. The topological polar surface area (TPSA) is 76.5 Å². The molecule has 1 unspecified atom stereocenters. The van der Waals surface area contributed by atoms with Crippen LogP contribution in [0.25, 0.3) is 11.1 Å². The number of hydrogen-bond donors (Lipinski definition) is 1. The van der Waals surface area contributed by atoms with Crippen LogP contribution in [-0.4, -0.2) is 60.6 Å². The number of amides is 1. The molecule has 11 heteroatoms. The van der Waals surface area contributed by atoms with Gasteiger partial charge in [-0.15, -0.1) is 0 Å². The molecule has 49 heavy (non-hydrogen) atoms. The van der Waals surface area contributed by atoms with E-state index in [4.69, 9.17) is 12.2 Å². The van der Waals surface area contributed by atoms with Crippen molar-refractivity contribution in [1.29, 1.82) is 0 Å². The largest absolute Gasteiger partial charge is 0.469 e. The van der Waals surface area contributed by atoms with Crippen LogP contribution in [0, 0.1) is 42.2 Å². The van der Waals surface area contributed by atoms with Gasteiger partial charge < -0.3 is 19.5 Å². The molecule has 0 bridgehead atoms. The van der Waals surface area contributed by atoms with Crippen LogP contribution in [-0.2, 0) is 26.9 Å². The maximum atomic E-state index is 13.5. The Morgan fingerprint density at radius 3 is 2.39 bits per heavy atom. The molecule has 3 aromatic rings. The summed E-state index contributed by atoms with van der Waals surface area (Å²) in [5.41, 5.74) is 5.30. The molecule has 7 nitrogen and oxygen atoms in total. The maximum Gasteiger partial charge on any atom is 0.416 e. The van der Waals surface area contributed by atoms with Crippen LogP contribution in [0.15, 0.2) is 48.8 Å². The fraction of sp³-hybridized carbons (Fsp3) is 0.474. The van der Waals surface area contributed by atoms with Crippen LogP contribution in [0.3, 0.4) is 0 Å². The highest BCUT2D eigenvalue weighted by molar-refractivity contribution is 7.71. The van der Waals surface area contributed by atoms with Crippen molar-refractivity contribution in [2.24, 2.45) is 11.8 Å². The average Bonchev–Trinajstić information content (AvgIpc) is 3.86. The predicted octanol–water partition coefficient (Wildman–Crippen LogP) is 7.73. The Kier molecular flexibility index (Phi) is 14.6. The highest BCUT2D eigenvalue weighted by atomic mass is 32.1. The monoisotopic (exact) mass is 696 g/mol. The Balaban J connectivity index is 0.000000291. The minimum Gasteiger partial charge on any atom is -0.469 e. The number of pyridine rings is 2. The quantitative estimate of drug-likeness (QED) is 0.126. The molecule has 0 saturated heterocycles. The molecular formula is C38H47F3N4O3S. The molecule has 264 valence electrons. The van der Waals surface area contributed by atoms with Crippen LogP contribution in [0.2, 0.25) is 0 Å². The molecule has 1 saturated carbocycles. The molecule has 1 N–H and O–H groups in total. The number of hydrogen-bond acceptors (Lipinski definition) is 6. The van der Waals surface area contributed by atoms with Crippen molar-refractivity contribution < 1.29 is 27.5 Å². The molecule has 2 heterocycles. The van der Waals surface area contributed by atoms with Gasteiger partial charge in [0.05, 0.1) is 19.1 Å². The first-order chi connectivity index (χ1) is 23.1. The zero-order valence-electron chi connectivity index (χ0n) is 29.4. The number of likely N-dealkylation sites (N-methyl/N-ethyl adjacent to an activating group) is 1. The van der Waals surface area contributed by atoms with Gasteiger partial charge in [-0.05, 0) is 111 Å². The number of esters is 1. The Morgan fingerprint density at radius 1 is 1.14 bits per heavy atom. The van der Waals surface area contributed by atoms with Gasteiger partial charge in [0, 0.05) is 31.4 Å². The lowest BCUT2D eigenvalue weighted by Gasteiger charge is -2.25. The summed E-state index contributed by atoms with van der Waals surface area (Å²) in [6.07, 6.45) is 1.73. The molecule has 1 atom stereocenters. The molecule has 0 spiro atoms. The molecule has 2 aromatic heterocycles. The second-order valence-corrected chi connectivity index (χ2v) is 13.4. The Hall–Kier alpha value is -4.01. The van der Waals surface area contributed by atoms with E-state index < -0.39 is 29.7 Å². The van der Waals surface area contributed by atoms with E-state index >= 15 is 0 Å². The first-order valence-corrected chi connectivity index (χ1v) is 16.9. The van der Waals surface area contributed by atoms with Gasteiger partial charge in [-0.25, -0.2) is 4.98 Å². The predicted molar refractivity (Wildman–Crippen MR) is 189 cm³/mol. The first-order valence-electron chi connectivity index (χ1n) is 16.5. The standard InChI is InChI=1S/C20H30F3N3O3S.C18H17N/c1-13(2)10-16(19(28)24-8-6-18(27)29-5)26-12-14(7-9-25(3)4)15(11-17(26)30)20(21,22)23;1-13-4-3-5-14(2)18(13)16-10-11-19-17(12-16)9-8-15-6-7-15/h11-13,16H,6-10H2,1-5H3,(H,24,28);3-5,10-12,15H,6-7H2,1-2H3. The number of carbonyl (C=O) groups excluding carboxylic acids is 2. The molecule has 1 aromatic carbocycles. The second-order valence-electron chi connectivity index (χ2n) is 13.0. The Labute approximate surface area is 293 Å². The second kappa shape index (κ2) is 18.1. The molecule has 0 radical (unpaired) electrons. The number of nitrogens with one attached hydrogen (secondary N) is 1. The van der Waals surface area contributed by atoms with Gasteiger partial charge in [0.1, 0.15) is 16.4 Å². The maximum absolute atomic E-state index is 13.5. The molecule has 0 aliphatic heterocycles. The van der Waals surface area contributed by atoms with E-state index in [2.05, 4.69) is 71.1 Å². The van der Waals surface area contributed by atoms with Crippen LogP contribution in [0.4, 0.5) is 13.2 Å². The zero-order valence-corrected chi connectivity index (χ0v) is 30.2. The highest BCUT2D eigenvalue weighted by Gasteiger charge is 2.34. The zero-order chi connectivity index (χ0) is 36.3. The fourth-order valence-electron chi connectivity index (χ4n) is 5.27. The lowest BCUT2D eigenvalue weighted by molar-refractivity contribution is -0.140. The van der Waals surface area contributed by atoms with Gasteiger partial charge in [0.2, 0.25) is 5.91 Å². The van der Waals surface area contributed by atoms with Gasteiger partial charge in [-0.1, -0.05) is 50.2 Å². The number of carbonyl (C=O) groups is 2. The summed E-state index contributed by atoms with van der Waals surface area (Å²) in [6.45, 7) is 8.61. The summed E-state index contributed by atoms with van der Waals surface area (Å²) < 4.78 is 46.5. The molecule has 1 aliphatic carbocycles. The van der Waals surface area contributed by atoms with Gasteiger partial charge in [-0.2, -0.15) is 13.2 Å². The van der Waals surface area contributed by atoms with Crippen molar-refractivity contribution in [3.8, 4) is 23.0 Å². The lowest BCUT2D eigenvalue weighted by Crippen LogP contribution is -2.35. The third-order valence-electron chi connectivity index (χ3n) is 8.00. The van der Waals surface area contributed by atoms with Crippen molar-refractivity contribution in [2.45, 2.75) is 72.0 Å². The number of methoxy groups -OCH3 is 1. The van der Waals surface area contributed by atoms with E-state index in [1.165, 1.54) is 53.0 Å². The van der Waals surface area contributed by atoms with Crippen molar-refractivity contribution in [2.75, 3.05) is 34.3 Å². The van der Waals surface area contributed by atoms with E-state index in [0.29, 0.717) is 18.9 Å². The summed E-state index contributed by atoms with van der Waals surface area (Å²) in [4.78, 5) is 30.2. The third kappa shape index (κ3) is 12.4. The van der Waals surface area contributed by atoms with Crippen LogP contribution < -0.4 is 5.32 Å². The van der Waals surface area contributed by atoms with E-state index in [1.54, 1.807) is 19.0 Å². The SMILES string of the molecule is COC(=O)CCNC(=O)C(CC(C)C)n1cc(CCN(C)C)c(C(F)(F)F)cc1=S.Cc1cccc(C)c1-c1ccnc(C#CC2CC2)c1. The molecule has 1 amide bonds. The third-order valence-corrected chi connectivity index (χ3v) is 8.33. The normalized spacial score (nSPS) is 13.2. The van der Waals surface area contributed by atoms with Crippen molar-refractivity contribution in [3.05, 3.63) is 81.4 Å². The summed E-state index contributed by atoms with van der Waals surface area (Å²) in [6, 6.07) is 10.7. The smallest absolute Gasteiger partial charge is 0.416 e. The number of rotatable bonds is 11. The van der Waals surface area contributed by atoms with Crippen LogP contribution in [0.1, 0.15) is 73.5 Å². The van der Waals surface area contributed by atoms with E-state index in [9.17, 15) is 22.8 Å². The number of aromatic nitrogens is 2. The molecule has 4 rings (SSSR count). The van der Waals surface area contributed by atoms with Crippen molar-refractivity contribution in [3.63, 3.8) is 0 Å². The van der Waals surface area contributed by atoms with Gasteiger partial charge in [-0.3, -0.25) is 9.59 Å². The van der Waals surface area contributed by atoms with Gasteiger partial charge in [0.25, 0.3) is 0 Å². The van der Waals surface area contributed by atoms with Crippen LogP contribution in [0.5, 0.6) is 0 Å². The minimum atomic E-state index is -4.54. The van der Waals surface area contributed by atoms with E-state index in [-0.39, 0.29) is 35.5 Å². The van der Waals surface area contributed by atoms with E-state index in [1.807, 2.05) is 20.0 Å². The molecule has 1 aliphatic rings. The number of aryl methyl sites for hydroxylation is 2. The van der Waals surface area contributed by atoms with Crippen LogP contribution >= 0.6 is 12.2 Å². The van der Waals surface area contributed by atoms with Crippen molar-refractivity contribution >= 4 is 24.1 Å². The highest BCUT2D eigenvalue weighted by Crippen LogP contribution is 2.34. The Bertz CT molecular complexity index is 1700. The molecule has 1 fully saturated rings. The first kappa shape index (κ1) is 39.4. The van der Waals surface area contributed by atoms with Gasteiger partial charge >= 0.3 is 12.1 Å².